The van der Waals surface area contributed by atoms with Gasteiger partial charge in [-0.05, 0) is 12.8 Å². The first-order valence-corrected chi connectivity index (χ1v) is 5.63. The summed E-state index contributed by atoms with van der Waals surface area (Å²) in [6.07, 6.45) is 2.20. The molecule has 90 valence electrons. The second-order valence-electron chi connectivity index (χ2n) is 4.21. The van der Waals surface area contributed by atoms with Gasteiger partial charge in [0.25, 0.3) is 0 Å². The van der Waals surface area contributed by atoms with E-state index in [1.807, 2.05) is 0 Å². The lowest BCUT2D eigenvalue weighted by Crippen LogP contribution is -2.51. The van der Waals surface area contributed by atoms with Gasteiger partial charge in [-0.3, -0.25) is 9.59 Å². The lowest BCUT2D eigenvalue weighted by atomic mass is 10.2. The zero-order valence-corrected chi connectivity index (χ0v) is 9.15. The number of rotatable bonds is 2. The summed E-state index contributed by atoms with van der Waals surface area (Å²) in [5.74, 6) is -1.03. The van der Waals surface area contributed by atoms with Crippen LogP contribution in [0.3, 0.4) is 0 Å². The predicted octanol–water partition coefficient (Wildman–Crippen LogP) is -1.55. The molecule has 2 heterocycles. The Morgan fingerprint density at radius 1 is 1.31 bits per heavy atom. The molecule has 16 heavy (non-hydrogen) atoms. The van der Waals surface area contributed by atoms with Crippen molar-refractivity contribution in [2.45, 2.75) is 25.0 Å². The average molecular weight is 227 g/mol. The Labute approximate surface area is 94.1 Å². The summed E-state index contributed by atoms with van der Waals surface area (Å²) in [5, 5.41) is 2.48. The quantitative estimate of drug-likeness (QED) is 0.559. The molecule has 3 N–H and O–H groups in total. The molecule has 0 radical (unpaired) electrons. The molecule has 2 aliphatic rings. The first kappa shape index (κ1) is 11.3. The molecule has 0 aromatic carbocycles. The molecule has 2 saturated heterocycles. The number of likely N-dealkylation sites (tertiary alicyclic amines) is 1. The Morgan fingerprint density at radius 2 is 1.94 bits per heavy atom. The Balaban J connectivity index is 1.87. The molecule has 2 atom stereocenters. The molecule has 2 bridgehead atoms. The highest BCUT2D eigenvalue weighted by Gasteiger charge is 2.37. The Morgan fingerprint density at radius 3 is 2.50 bits per heavy atom. The van der Waals surface area contributed by atoms with Gasteiger partial charge in [-0.15, -0.1) is 0 Å². The van der Waals surface area contributed by atoms with E-state index in [0.717, 1.165) is 12.8 Å². The van der Waals surface area contributed by atoms with Gasteiger partial charge in [0.05, 0.1) is 12.2 Å². The fourth-order valence-electron chi connectivity index (χ4n) is 2.19. The minimum absolute atomic E-state index is 0.116. The maximum absolute atomic E-state index is 11.7. The SMILES string of the molecule is NCCNC(=O)C(=O)N1CC2CCC(C1)O2. The second-order valence-corrected chi connectivity index (χ2v) is 4.21. The molecule has 6 heteroatoms. The van der Waals surface area contributed by atoms with E-state index in [4.69, 9.17) is 10.5 Å². The van der Waals surface area contributed by atoms with E-state index in [9.17, 15) is 9.59 Å². The predicted molar refractivity (Wildman–Crippen MR) is 56.5 cm³/mol. The molecule has 0 aliphatic carbocycles. The highest BCUT2D eigenvalue weighted by Crippen LogP contribution is 2.26. The summed E-state index contributed by atoms with van der Waals surface area (Å²) in [4.78, 5) is 24.8. The fourth-order valence-corrected chi connectivity index (χ4v) is 2.19. The molecule has 6 nitrogen and oxygen atoms in total. The number of carbonyl (C=O) groups is 2. The third-order valence-corrected chi connectivity index (χ3v) is 2.95. The summed E-state index contributed by atoms with van der Waals surface area (Å²) in [6, 6.07) is 0. The summed E-state index contributed by atoms with van der Waals surface area (Å²) in [7, 11) is 0. The number of ether oxygens (including phenoxy) is 1. The number of carbonyl (C=O) groups excluding carboxylic acids is 2. The summed E-state index contributed by atoms with van der Waals surface area (Å²) < 4.78 is 5.59. The van der Waals surface area contributed by atoms with E-state index in [1.54, 1.807) is 4.90 Å². The van der Waals surface area contributed by atoms with Gasteiger partial charge in [-0.1, -0.05) is 0 Å². The third-order valence-electron chi connectivity index (χ3n) is 2.95. The second kappa shape index (κ2) is 4.80. The van der Waals surface area contributed by atoms with E-state index in [1.165, 1.54) is 0 Å². The van der Waals surface area contributed by atoms with E-state index < -0.39 is 11.8 Å². The van der Waals surface area contributed by atoms with Gasteiger partial charge in [0, 0.05) is 26.2 Å². The molecule has 2 unspecified atom stereocenters. The zero-order valence-electron chi connectivity index (χ0n) is 9.15. The maximum atomic E-state index is 11.7. The minimum Gasteiger partial charge on any atom is -0.371 e. The number of amides is 2. The van der Waals surface area contributed by atoms with Crippen molar-refractivity contribution in [3.63, 3.8) is 0 Å². The van der Waals surface area contributed by atoms with E-state index in [-0.39, 0.29) is 12.2 Å². The van der Waals surface area contributed by atoms with Crippen LogP contribution in [-0.2, 0) is 14.3 Å². The van der Waals surface area contributed by atoms with Crippen LogP contribution in [0.25, 0.3) is 0 Å². The number of nitrogens with zero attached hydrogens (tertiary/aromatic N) is 1. The number of morpholine rings is 1. The van der Waals surface area contributed by atoms with Crippen LogP contribution < -0.4 is 11.1 Å². The molecule has 0 saturated carbocycles. The van der Waals surface area contributed by atoms with Gasteiger partial charge in [0.15, 0.2) is 0 Å². The van der Waals surface area contributed by atoms with Gasteiger partial charge in [0.1, 0.15) is 0 Å². The third kappa shape index (κ3) is 2.33. The van der Waals surface area contributed by atoms with Crippen molar-refractivity contribution < 1.29 is 14.3 Å². The van der Waals surface area contributed by atoms with Crippen LogP contribution in [0.15, 0.2) is 0 Å². The van der Waals surface area contributed by atoms with Crippen LogP contribution in [0.4, 0.5) is 0 Å². The van der Waals surface area contributed by atoms with Crippen LogP contribution in [-0.4, -0.2) is 55.1 Å². The van der Waals surface area contributed by atoms with Crippen molar-refractivity contribution >= 4 is 11.8 Å². The molecule has 2 rings (SSSR count). The van der Waals surface area contributed by atoms with Crippen LogP contribution in [0.1, 0.15) is 12.8 Å². The van der Waals surface area contributed by atoms with E-state index in [0.29, 0.717) is 26.2 Å². The monoisotopic (exact) mass is 227 g/mol. The topological polar surface area (TPSA) is 84.7 Å². The fraction of sp³-hybridized carbons (Fsp3) is 0.800. The van der Waals surface area contributed by atoms with Crippen LogP contribution in [0.2, 0.25) is 0 Å². The van der Waals surface area contributed by atoms with E-state index in [2.05, 4.69) is 5.32 Å². The lowest BCUT2D eigenvalue weighted by Gasteiger charge is -2.31. The molecule has 2 aliphatic heterocycles. The van der Waals surface area contributed by atoms with Crippen molar-refractivity contribution in [1.82, 2.24) is 10.2 Å². The summed E-state index contributed by atoms with van der Waals surface area (Å²) in [5.41, 5.74) is 5.25. The minimum atomic E-state index is -0.563. The number of nitrogens with one attached hydrogen (secondary N) is 1. The number of fused-ring (bicyclic) bond motifs is 2. The number of nitrogens with two attached hydrogens (primary N) is 1. The molecule has 2 fully saturated rings. The lowest BCUT2D eigenvalue weighted by molar-refractivity contribution is -0.151. The Bertz CT molecular complexity index is 283. The van der Waals surface area contributed by atoms with E-state index >= 15 is 0 Å². The Kier molecular flexibility index (Phi) is 3.40. The van der Waals surface area contributed by atoms with Crippen molar-refractivity contribution in [1.29, 1.82) is 0 Å². The normalized spacial score (nSPS) is 27.9. The summed E-state index contributed by atoms with van der Waals surface area (Å²) >= 11 is 0. The summed E-state index contributed by atoms with van der Waals surface area (Å²) in [6.45, 7) is 1.74. The molecular weight excluding hydrogens is 210 g/mol. The van der Waals surface area contributed by atoms with Crippen LogP contribution in [0, 0.1) is 0 Å². The standard InChI is InChI=1S/C10H17N3O3/c11-3-4-12-9(14)10(15)13-5-7-1-2-8(6-13)16-7/h7-8H,1-6,11H2,(H,12,14). The molecule has 0 spiro atoms. The van der Waals surface area contributed by atoms with Gasteiger partial charge >= 0.3 is 11.8 Å². The number of hydrogen-bond donors (Lipinski definition) is 2. The maximum Gasteiger partial charge on any atom is 0.312 e. The average Bonchev–Trinajstić information content (AvgIpc) is 2.64. The van der Waals surface area contributed by atoms with Crippen molar-refractivity contribution in [3.8, 4) is 0 Å². The van der Waals surface area contributed by atoms with Gasteiger partial charge in [-0.2, -0.15) is 0 Å². The van der Waals surface area contributed by atoms with Crippen molar-refractivity contribution in [3.05, 3.63) is 0 Å². The number of hydrogen-bond acceptors (Lipinski definition) is 4. The van der Waals surface area contributed by atoms with Gasteiger partial charge < -0.3 is 20.7 Å². The molecular formula is C10H17N3O3. The van der Waals surface area contributed by atoms with Crippen LogP contribution in [0.5, 0.6) is 0 Å². The Hall–Kier alpha value is -1.14. The zero-order chi connectivity index (χ0) is 11.5. The molecule has 0 aromatic rings. The smallest absolute Gasteiger partial charge is 0.312 e. The van der Waals surface area contributed by atoms with Crippen LogP contribution >= 0.6 is 0 Å². The molecule has 0 aromatic heterocycles. The highest BCUT2D eigenvalue weighted by atomic mass is 16.5. The van der Waals surface area contributed by atoms with Gasteiger partial charge in [-0.25, -0.2) is 0 Å². The molecule has 2 amide bonds. The first-order chi connectivity index (χ1) is 7.70. The van der Waals surface area contributed by atoms with Crippen molar-refractivity contribution in [2.24, 2.45) is 5.73 Å². The van der Waals surface area contributed by atoms with Gasteiger partial charge in [0.2, 0.25) is 0 Å². The largest absolute Gasteiger partial charge is 0.371 e. The highest BCUT2D eigenvalue weighted by molar-refractivity contribution is 6.35. The first-order valence-electron chi connectivity index (χ1n) is 5.63. The van der Waals surface area contributed by atoms with Crippen molar-refractivity contribution in [2.75, 3.05) is 26.2 Å².